The number of alkyl halides is 2. The maximum absolute atomic E-state index is 13.9. The average molecular weight is 485 g/mol. The standard InChI is InChI=1S/C24H28Cl2F2N2O2/c1-14-8-16(24(2,27)28)9-21-18(14)10-17(30(21)3)11-19-20(25)12-29-23(22(19)26)32-13-15-4-6-31-7-5-15/h8-10,12,15,23,29H,4-7,11,13H2,1-3H3. The number of aromatic nitrogens is 1. The third kappa shape index (κ3) is 4.84. The van der Waals surface area contributed by atoms with Crippen LogP contribution in [-0.2, 0) is 28.9 Å². The second-order valence-corrected chi connectivity index (χ2v) is 9.55. The molecular formula is C24H28Cl2F2N2O2. The van der Waals surface area contributed by atoms with E-state index in [0.29, 0.717) is 29.0 Å². The first-order valence-corrected chi connectivity index (χ1v) is 11.6. The highest BCUT2D eigenvalue weighted by Crippen LogP contribution is 2.35. The fraction of sp³-hybridized carbons (Fsp3) is 0.500. The Kier molecular flexibility index (Phi) is 6.87. The average Bonchev–Trinajstić information content (AvgIpc) is 3.07. The molecule has 0 spiro atoms. The van der Waals surface area contributed by atoms with E-state index >= 15 is 0 Å². The molecule has 32 heavy (non-hydrogen) atoms. The fourth-order valence-electron chi connectivity index (χ4n) is 4.28. The van der Waals surface area contributed by atoms with Crippen molar-refractivity contribution >= 4 is 34.1 Å². The van der Waals surface area contributed by atoms with E-state index in [1.165, 1.54) is 0 Å². The van der Waals surface area contributed by atoms with Gasteiger partial charge in [0.15, 0.2) is 6.23 Å². The number of nitrogens with one attached hydrogen (secondary N) is 1. The number of hydrogen-bond acceptors (Lipinski definition) is 3. The highest BCUT2D eigenvalue weighted by Gasteiger charge is 2.28. The molecule has 1 atom stereocenters. The van der Waals surface area contributed by atoms with Gasteiger partial charge in [0.25, 0.3) is 5.92 Å². The molecule has 1 unspecified atom stereocenters. The molecule has 4 rings (SSSR count). The van der Waals surface area contributed by atoms with E-state index in [1.54, 1.807) is 18.3 Å². The van der Waals surface area contributed by atoms with Crippen molar-refractivity contribution in [1.82, 2.24) is 9.88 Å². The highest BCUT2D eigenvalue weighted by atomic mass is 35.5. The normalized spacial score (nSPS) is 20.6. The van der Waals surface area contributed by atoms with Gasteiger partial charge in [-0.3, -0.25) is 0 Å². The van der Waals surface area contributed by atoms with Crippen molar-refractivity contribution in [3.63, 3.8) is 0 Å². The van der Waals surface area contributed by atoms with Crippen LogP contribution in [-0.4, -0.2) is 30.6 Å². The van der Waals surface area contributed by atoms with Crippen molar-refractivity contribution in [3.05, 3.63) is 56.9 Å². The van der Waals surface area contributed by atoms with Crippen molar-refractivity contribution in [2.75, 3.05) is 19.8 Å². The smallest absolute Gasteiger partial charge is 0.270 e. The number of benzene rings is 1. The van der Waals surface area contributed by atoms with Crippen LogP contribution in [0.5, 0.6) is 0 Å². The summed E-state index contributed by atoms with van der Waals surface area (Å²) in [7, 11) is 1.88. The lowest BCUT2D eigenvalue weighted by Crippen LogP contribution is -2.34. The zero-order valence-corrected chi connectivity index (χ0v) is 20.0. The molecule has 1 saturated heterocycles. The van der Waals surface area contributed by atoms with Crippen molar-refractivity contribution in [1.29, 1.82) is 0 Å². The summed E-state index contributed by atoms with van der Waals surface area (Å²) in [5, 5.41) is 5.10. The van der Waals surface area contributed by atoms with Crippen LogP contribution in [0.3, 0.4) is 0 Å². The Balaban J connectivity index is 1.59. The predicted octanol–water partition coefficient (Wildman–Crippen LogP) is 6.09. The molecule has 1 aromatic carbocycles. The minimum Gasteiger partial charge on any atom is -0.381 e. The molecule has 3 heterocycles. The molecule has 2 aliphatic rings. The van der Waals surface area contributed by atoms with E-state index in [0.717, 1.165) is 60.7 Å². The number of dihydropyridines is 1. The zero-order chi connectivity index (χ0) is 23.0. The molecule has 0 aliphatic carbocycles. The lowest BCUT2D eigenvalue weighted by atomic mass is 10.0. The Morgan fingerprint density at radius 3 is 2.62 bits per heavy atom. The number of hydrogen-bond donors (Lipinski definition) is 1. The van der Waals surface area contributed by atoms with Gasteiger partial charge in [-0.15, -0.1) is 0 Å². The summed E-state index contributed by atoms with van der Waals surface area (Å²) in [5.41, 5.74) is 3.28. The summed E-state index contributed by atoms with van der Waals surface area (Å²) in [6.45, 7) is 4.89. The molecule has 0 bridgehead atoms. The molecule has 0 amide bonds. The van der Waals surface area contributed by atoms with Gasteiger partial charge in [-0.05, 0) is 55.0 Å². The number of rotatable bonds is 6. The first-order chi connectivity index (χ1) is 15.1. The predicted molar refractivity (Wildman–Crippen MR) is 124 cm³/mol. The van der Waals surface area contributed by atoms with Crippen LogP contribution in [0, 0.1) is 12.8 Å². The number of aryl methyl sites for hydroxylation is 2. The number of nitrogens with zero attached hydrogens (tertiary/aromatic N) is 1. The van der Waals surface area contributed by atoms with Crippen LogP contribution in [0.25, 0.3) is 10.9 Å². The third-order valence-electron chi connectivity index (χ3n) is 6.34. The minimum atomic E-state index is -2.90. The summed E-state index contributed by atoms with van der Waals surface area (Å²) in [6, 6.07) is 5.13. The van der Waals surface area contributed by atoms with Crippen LogP contribution >= 0.6 is 23.2 Å². The quantitative estimate of drug-likeness (QED) is 0.538. The van der Waals surface area contributed by atoms with Gasteiger partial charge in [-0.1, -0.05) is 23.2 Å². The van der Waals surface area contributed by atoms with Crippen molar-refractivity contribution in [2.45, 2.75) is 45.3 Å². The number of ether oxygens (including phenoxy) is 2. The number of fused-ring (bicyclic) bond motifs is 1. The Morgan fingerprint density at radius 1 is 1.22 bits per heavy atom. The molecule has 174 valence electrons. The summed E-state index contributed by atoms with van der Waals surface area (Å²) in [6.07, 6.45) is 3.67. The van der Waals surface area contributed by atoms with Crippen LogP contribution in [0.1, 0.15) is 36.6 Å². The molecule has 2 aliphatic heterocycles. The number of halogens is 4. The van der Waals surface area contributed by atoms with Gasteiger partial charge in [0.2, 0.25) is 0 Å². The van der Waals surface area contributed by atoms with Crippen molar-refractivity contribution < 1.29 is 18.3 Å². The SMILES string of the molecule is Cc1cc(C(C)(F)F)cc2c1cc(CC1=C(Cl)C(OCC3CCOCC3)NC=C1Cl)n2C. The Bertz CT molecular complexity index is 1070. The van der Waals surface area contributed by atoms with Gasteiger partial charge in [-0.25, -0.2) is 8.78 Å². The lowest BCUT2D eigenvalue weighted by molar-refractivity contribution is -0.00396. The Labute approximate surface area is 197 Å². The van der Waals surface area contributed by atoms with Gasteiger partial charge in [0.1, 0.15) is 0 Å². The first kappa shape index (κ1) is 23.6. The van der Waals surface area contributed by atoms with Crippen LogP contribution in [0.2, 0.25) is 0 Å². The lowest BCUT2D eigenvalue weighted by Gasteiger charge is -2.28. The molecule has 0 radical (unpaired) electrons. The second-order valence-electron chi connectivity index (χ2n) is 8.74. The van der Waals surface area contributed by atoms with E-state index in [4.69, 9.17) is 32.7 Å². The monoisotopic (exact) mass is 484 g/mol. The molecule has 0 saturated carbocycles. The highest BCUT2D eigenvalue weighted by molar-refractivity contribution is 6.36. The molecule has 1 N–H and O–H groups in total. The summed E-state index contributed by atoms with van der Waals surface area (Å²) >= 11 is 13.2. The van der Waals surface area contributed by atoms with Crippen LogP contribution in [0.15, 0.2) is 40.0 Å². The molecule has 1 fully saturated rings. The van der Waals surface area contributed by atoms with Gasteiger partial charge in [0.05, 0.1) is 16.7 Å². The molecule has 2 aromatic rings. The maximum atomic E-state index is 13.9. The van der Waals surface area contributed by atoms with E-state index in [9.17, 15) is 8.78 Å². The van der Waals surface area contributed by atoms with Crippen molar-refractivity contribution in [3.8, 4) is 0 Å². The van der Waals surface area contributed by atoms with Gasteiger partial charge in [-0.2, -0.15) is 0 Å². The molecule has 1 aromatic heterocycles. The van der Waals surface area contributed by atoms with Gasteiger partial charge in [0, 0.05) is 62.0 Å². The minimum absolute atomic E-state index is 0.00821. The van der Waals surface area contributed by atoms with E-state index < -0.39 is 12.2 Å². The number of allylic oxidation sites excluding steroid dienone is 2. The second kappa shape index (κ2) is 9.34. The van der Waals surface area contributed by atoms with Gasteiger partial charge < -0.3 is 19.4 Å². The topological polar surface area (TPSA) is 35.4 Å². The maximum Gasteiger partial charge on any atom is 0.270 e. The molecule has 8 heteroatoms. The Hall–Kier alpha value is -1.60. The van der Waals surface area contributed by atoms with Crippen LogP contribution in [0.4, 0.5) is 8.78 Å². The molecular weight excluding hydrogens is 457 g/mol. The van der Waals surface area contributed by atoms with Crippen LogP contribution < -0.4 is 5.32 Å². The molecule has 4 nitrogen and oxygen atoms in total. The van der Waals surface area contributed by atoms with Crippen molar-refractivity contribution in [2.24, 2.45) is 13.0 Å². The summed E-state index contributed by atoms with van der Waals surface area (Å²) in [4.78, 5) is 0. The zero-order valence-electron chi connectivity index (χ0n) is 18.5. The summed E-state index contributed by atoms with van der Waals surface area (Å²) in [5.74, 6) is -2.45. The Morgan fingerprint density at radius 2 is 1.94 bits per heavy atom. The first-order valence-electron chi connectivity index (χ1n) is 10.8. The third-order valence-corrected chi connectivity index (χ3v) is 7.10. The largest absolute Gasteiger partial charge is 0.381 e. The van der Waals surface area contributed by atoms with Gasteiger partial charge >= 0.3 is 0 Å². The van der Waals surface area contributed by atoms with E-state index in [2.05, 4.69) is 5.32 Å². The van der Waals surface area contributed by atoms with E-state index in [1.807, 2.05) is 24.6 Å². The fourth-order valence-corrected chi connectivity index (χ4v) is 4.86. The van der Waals surface area contributed by atoms with E-state index in [-0.39, 0.29) is 5.56 Å². The summed E-state index contributed by atoms with van der Waals surface area (Å²) < 4.78 is 41.3.